The Morgan fingerprint density at radius 3 is 2.23 bits per heavy atom. The van der Waals surface area contributed by atoms with E-state index in [0.717, 1.165) is 17.2 Å². The predicted molar refractivity (Wildman–Crippen MR) is 110 cm³/mol. The zero-order valence-electron chi connectivity index (χ0n) is 17.9. The first-order chi connectivity index (χ1) is 14.4. The first-order valence-corrected chi connectivity index (χ1v) is 9.87. The highest BCUT2D eigenvalue weighted by Crippen LogP contribution is 2.32. The SMILES string of the molecule is Cc1cc(=O)n2nc(C(F)(F)F)nc2n1CC(=O)Nc1c(C(C)C)cccc1C(C)C. The van der Waals surface area contributed by atoms with Gasteiger partial charge in [-0.3, -0.25) is 9.59 Å². The molecule has 2 aromatic heterocycles. The Labute approximate surface area is 176 Å². The van der Waals surface area contributed by atoms with Crippen molar-refractivity contribution in [3.63, 3.8) is 0 Å². The first-order valence-electron chi connectivity index (χ1n) is 9.87. The fourth-order valence-corrected chi connectivity index (χ4v) is 3.44. The molecule has 0 saturated carbocycles. The van der Waals surface area contributed by atoms with Crippen molar-refractivity contribution in [1.29, 1.82) is 0 Å². The van der Waals surface area contributed by atoms with Gasteiger partial charge in [-0.15, -0.1) is 5.10 Å². The quantitative estimate of drug-likeness (QED) is 0.654. The summed E-state index contributed by atoms with van der Waals surface area (Å²) in [7, 11) is 0. The summed E-state index contributed by atoms with van der Waals surface area (Å²) in [4.78, 5) is 28.5. The summed E-state index contributed by atoms with van der Waals surface area (Å²) >= 11 is 0. The van der Waals surface area contributed by atoms with Crippen LogP contribution in [0.4, 0.5) is 18.9 Å². The maximum absolute atomic E-state index is 13.1. The fraction of sp³-hybridized carbons (Fsp3) is 0.429. The van der Waals surface area contributed by atoms with Gasteiger partial charge in [0, 0.05) is 17.4 Å². The number of nitrogens with one attached hydrogen (secondary N) is 1. The van der Waals surface area contributed by atoms with Crippen molar-refractivity contribution in [2.24, 2.45) is 0 Å². The molecule has 1 aromatic carbocycles. The van der Waals surface area contributed by atoms with E-state index in [-0.39, 0.29) is 24.2 Å². The standard InChI is InChI=1S/C21H24F3N5O2/c1-11(2)14-7-6-8-15(12(3)4)18(14)25-16(30)10-28-13(5)9-17(31)29-20(28)26-19(27-29)21(22,23)24/h6-9,11-12H,10H2,1-5H3,(H,25,30). The molecule has 0 aliphatic heterocycles. The van der Waals surface area contributed by atoms with Crippen LogP contribution >= 0.6 is 0 Å². The molecule has 10 heteroatoms. The summed E-state index contributed by atoms with van der Waals surface area (Å²) in [5, 5.41) is 6.18. The summed E-state index contributed by atoms with van der Waals surface area (Å²) < 4.78 is 41.0. The van der Waals surface area contributed by atoms with Crippen molar-refractivity contribution in [1.82, 2.24) is 19.2 Å². The lowest BCUT2D eigenvalue weighted by Crippen LogP contribution is -2.26. The fourth-order valence-electron chi connectivity index (χ4n) is 3.44. The van der Waals surface area contributed by atoms with E-state index in [1.807, 2.05) is 45.9 Å². The molecule has 1 N–H and O–H groups in total. The number of amides is 1. The van der Waals surface area contributed by atoms with E-state index in [2.05, 4.69) is 15.4 Å². The zero-order chi connectivity index (χ0) is 23.1. The molecule has 0 saturated heterocycles. The number of fused-ring (bicyclic) bond motifs is 1. The maximum atomic E-state index is 13.1. The third-order valence-electron chi connectivity index (χ3n) is 4.99. The molecule has 0 fully saturated rings. The van der Waals surface area contributed by atoms with Crippen LogP contribution in [0.25, 0.3) is 5.78 Å². The van der Waals surface area contributed by atoms with Crippen molar-refractivity contribution in [2.45, 2.75) is 59.2 Å². The van der Waals surface area contributed by atoms with Gasteiger partial charge < -0.3 is 9.88 Å². The Morgan fingerprint density at radius 1 is 1.13 bits per heavy atom. The number of anilines is 1. The van der Waals surface area contributed by atoms with E-state index in [0.29, 0.717) is 15.9 Å². The smallest absolute Gasteiger partial charge is 0.324 e. The second-order valence-corrected chi connectivity index (χ2v) is 8.02. The normalized spacial score (nSPS) is 12.2. The van der Waals surface area contributed by atoms with E-state index >= 15 is 0 Å². The highest BCUT2D eigenvalue weighted by atomic mass is 19.4. The average Bonchev–Trinajstić information content (AvgIpc) is 3.11. The summed E-state index contributed by atoms with van der Waals surface area (Å²) in [5.74, 6) is -1.91. The van der Waals surface area contributed by atoms with Crippen LogP contribution in [0.3, 0.4) is 0 Å². The molecule has 7 nitrogen and oxygen atoms in total. The predicted octanol–water partition coefficient (Wildman–Crippen LogP) is 4.10. The number of aromatic nitrogens is 4. The van der Waals surface area contributed by atoms with E-state index < -0.39 is 23.5 Å². The van der Waals surface area contributed by atoms with Crippen molar-refractivity contribution < 1.29 is 18.0 Å². The van der Waals surface area contributed by atoms with Crippen LogP contribution in [0, 0.1) is 6.92 Å². The minimum Gasteiger partial charge on any atom is -0.324 e. The molecule has 3 rings (SSSR count). The van der Waals surface area contributed by atoms with Gasteiger partial charge in [0.2, 0.25) is 11.7 Å². The largest absolute Gasteiger partial charge is 0.453 e. The van der Waals surface area contributed by atoms with Gasteiger partial charge in [-0.05, 0) is 29.9 Å². The van der Waals surface area contributed by atoms with Crippen LogP contribution in [0.15, 0.2) is 29.1 Å². The van der Waals surface area contributed by atoms with Gasteiger partial charge in [-0.1, -0.05) is 45.9 Å². The Bertz CT molecular complexity index is 1170. The molecule has 0 radical (unpaired) electrons. The van der Waals surface area contributed by atoms with Crippen molar-refractivity contribution >= 4 is 17.4 Å². The third kappa shape index (κ3) is 4.47. The van der Waals surface area contributed by atoms with Crippen molar-refractivity contribution in [2.75, 3.05) is 5.32 Å². The molecule has 0 spiro atoms. The zero-order valence-corrected chi connectivity index (χ0v) is 17.9. The van der Waals surface area contributed by atoms with Gasteiger partial charge >= 0.3 is 6.18 Å². The molecule has 0 atom stereocenters. The van der Waals surface area contributed by atoms with E-state index in [1.54, 1.807) is 0 Å². The summed E-state index contributed by atoms with van der Waals surface area (Å²) in [6.07, 6.45) is -4.81. The Kier molecular flexibility index (Phi) is 5.93. The van der Waals surface area contributed by atoms with Crippen molar-refractivity contribution in [3.05, 3.63) is 57.3 Å². The number of carbonyl (C=O) groups excluding carboxylic acids is 1. The van der Waals surface area contributed by atoms with E-state index in [1.165, 1.54) is 11.5 Å². The van der Waals surface area contributed by atoms with Crippen LogP contribution in [0.1, 0.15) is 62.2 Å². The monoisotopic (exact) mass is 435 g/mol. The molecule has 0 aliphatic rings. The van der Waals surface area contributed by atoms with Crippen molar-refractivity contribution in [3.8, 4) is 0 Å². The number of hydrogen-bond acceptors (Lipinski definition) is 4. The molecule has 166 valence electrons. The lowest BCUT2D eigenvalue weighted by molar-refractivity contribution is -0.144. The highest BCUT2D eigenvalue weighted by Gasteiger charge is 2.37. The Morgan fingerprint density at radius 2 is 1.71 bits per heavy atom. The number of rotatable bonds is 5. The number of hydrogen-bond donors (Lipinski definition) is 1. The minimum atomic E-state index is -4.81. The van der Waals surface area contributed by atoms with Gasteiger partial charge in [0.25, 0.3) is 11.4 Å². The molecular weight excluding hydrogens is 411 g/mol. The van der Waals surface area contributed by atoms with Gasteiger partial charge in [0.15, 0.2) is 0 Å². The number of alkyl halides is 3. The second kappa shape index (κ2) is 8.16. The van der Waals surface area contributed by atoms with Crippen LogP contribution in [0.2, 0.25) is 0 Å². The van der Waals surface area contributed by atoms with Crippen LogP contribution < -0.4 is 10.9 Å². The number of benzene rings is 1. The van der Waals surface area contributed by atoms with Crippen LogP contribution in [0.5, 0.6) is 0 Å². The van der Waals surface area contributed by atoms with Gasteiger partial charge in [-0.25, -0.2) is 0 Å². The van der Waals surface area contributed by atoms with Gasteiger partial charge in [-0.2, -0.15) is 22.7 Å². The Balaban J connectivity index is 2.02. The molecule has 31 heavy (non-hydrogen) atoms. The molecule has 0 unspecified atom stereocenters. The number of carbonyl (C=O) groups is 1. The molecule has 0 bridgehead atoms. The first kappa shape index (κ1) is 22.5. The summed E-state index contributed by atoms with van der Waals surface area (Å²) in [5.41, 5.74) is 2.17. The van der Waals surface area contributed by atoms with E-state index in [4.69, 9.17) is 0 Å². The number of aryl methyl sites for hydroxylation is 1. The topological polar surface area (TPSA) is 81.3 Å². The molecular formula is C21H24F3N5O2. The van der Waals surface area contributed by atoms with E-state index in [9.17, 15) is 22.8 Å². The van der Waals surface area contributed by atoms with Crippen LogP contribution in [-0.2, 0) is 17.5 Å². The second-order valence-electron chi connectivity index (χ2n) is 8.02. The molecule has 1 amide bonds. The third-order valence-corrected chi connectivity index (χ3v) is 4.99. The average molecular weight is 435 g/mol. The van der Waals surface area contributed by atoms with Crippen LogP contribution in [-0.4, -0.2) is 25.1 Å². The number of nitrogens with zero attached hydrogens (tertiary/aromatic N) is 4. The number of halogens is 3. The van der Waals surface area contributed by atoms with Gasteiger partial charge in [0.1, 0.15) is 6.54 Å². The molecule has 2 heterocycles. The molecule has 3 aromatic rings. The minimum absolute atomic E-state index is 0.153. The number of para-hydroxylation sites is 1. The lowest BCUT2D eigenvalue weighted by atomic mass is 9.92. The Hall–Kier alpha value is -3.17. The highest BCUT2D eigenvalue weighted by molar-refractivity contribution is 5.92. The van der Waals surface area contributed by atoms with Gasteiger partial charge in [0.05, 0.1) is 0 Å². The maximum Gasteiger partial charge on any atom is 0.453 e. The summed E-state index contributed by atoms with van der Waals surface area (Å²) in [6.45, 7) is 9.26. The lowest BCUT2D eigenvalue weighted by Gasteiger charge is -2.20. The summed E-state index contributed by atoms with van der Waals surface area (Å²) in [6, 6.07) is 6.92. The molecule has 0 aliphatic carbocycles.